The van der Waals surface area contributed by atoms with E-state index in [9.17, 15) is 0 Å². The highest BCUT2D eigenvalue weighted by atomic mass is 32.1. The third kappa shape index (κ3) is 2.61. The average Bonchev–Trinajstić information content (AvgIpc) is 3.52. The third-order valence-corrected chi connectivity index (χ3v) is 5.56. The van der Waals surface area contributed by atoms with Crippen LogP contribution in [0.5, 0.6) is 0 Å². The van der Waals surface area contributed by atoms with Gasteiger partial charge in [0, 0.05) is 35.1 Å². The van der Waals surface area contributed by atoms with Crippen molar-refractivity contribution in [3.63, 3.8) is 0 Å². The summed E-state index contributed by atoms with van der Waals surface area (Å²) in [6.07, 6.45) is 7.09. The highest BCUT2D eigenvalue weighted by Crippen LogP contribution is 2.32. The molecule has 138 valence electrons. The molecule has 0 aromatic carbocycles. The van der Waals surface area contributed by atoms with Crippen LogP contribution in [0.1, 0.15) is 0 Å². The van der Waals surface area contributed by atoms with Crippen molar-refractivity contribution < 1.29 is 0 Å². The second-order valence-corrected chi connectivity index (χ2v) is 7.36. The van der Waals surface area contributed by atoms with Gasteiger partial charge in [0.1, 0.15) is 5.69 Å². The van der Waals surface area contributed by atoms with Crippen molar-refractivity contribution in [2.24, 2.45) is 0 Å². The Morgan fingerprint density at radius 1 is 0.931 bits per heavy atom. The van der Waals surface area contributed by atoms with Gasteiger partial charge in [0.05, 0.1) is 22.9 Å². The van der Waals surface area contributed by atoms with Gasteiger partial charge in [-0.05, 0) is 46.7 Å². The van der Waals surface area contributed by atoms with Crippen molar-refractivity contribution in [3.8, 4) is 33.9 Å². The van der Waals surface area contributed by atoms with Crippen molar-refractivity contribution in [1.29, 1.82) is 0 Å². The number of nitrogens with one attached hydrogen (secondary N) is 2. The van der Waals surface area contributed by atoms with E-state index in [0.29, 0.717) is 11.5 Å². The first-order valence-corrected chi connectivity index (χ1v) is 9.93. The molecular formula is C21H13N7S. The van der Waals surface area contributed by atoms with E-state index in [-0.39, 0.29) is 0 Å². The van der Waals surface area contributed by atoms with Gasteiger partial charge in [0.25, 0.3) is 0 Å². The Morgan fingerprint density at radius 2 is 1.86 bits per heavy atom. The highest BCUT2D eigenvalue weighted by molar-refractivity contribution is 7.08. The predicted molar refractivity (Wildman–Crippen MR) is 113 cm³/mol. The lowest BCUT2D eigenvalue weighted by atomic mass is 10.1. The number of H-pyrrole nitrogens is 2. The molecule has 0 aliphatic carbocycles. The van der Waals surface area contributed by atoms with Gasteiger partial charge in [-0.25, -0.2) is 9.97 Å². The van der Waals surface area contributed by atoms with E-state index in [1.54, 1.807) is 36.1 Å². The van der Waals surface area contributed by atoms with Crippen molar-refractivity contribution in [2.75, 3.05) is 0 Å². The number of aromatic nitrogens is 7. The minimum absolute atomic E-state index is 0.670. The molecule has 6 aromatic rings. The topological polar surface area (TPSA) is 96.0 Å². The van der Waals surface area contributed by atoms with Crippen LogP contribution in [-0.2, 0) is 0 Å². The zero-order valence-corrected chi connectivity index (χ0v) is 15.8. The summed E-state index contributed by atoms with van der Waals surface area (Å²) in [5.74, 6) is 0.674. The summed E-state index contributed by atoms with van der Waals surface area (Å²) in [5, 5.41) is 12.7. The number of hydrogen-bond acceptors (Lipinski definition) is 6. The van der Waals surface area contributed by atoms with E-state index >= 15 is 0 Å². The summed E-state index contributed by atoms with van der Waals surface area (Å²) >= 11 is 1.67. The highest BCUT2D eigenvalue weighted by Gasteiger charge is 2.16. The van der Waals surface area contributed by atoms with E-state index in [4.69, 9.17) is 4.98 Å². The maximum atomic E-state index is 4.70. The predicted octanol–water partition coefficient (Wildman–Crippen LogP) is 4.69. The van der Waals surface area contributed by atoms with Crippen molar-refractivity contribution in [3.05, 3.63) is 65.9 Å². The number of rotatable bonds is 3. The molecule has 7 nitrogen and oxygen atoms in total. The number of nitrogens with zero attached hydrogens (tertiary/aromatic N) is 5. The van der Waals surface area contributed by atoms with Crippen LogP contribution in [0.3, 0.4) is 0 Å². The van der Waals surface area contributed by atoms with Gasteiger partial charge in [-0.1, -0.05) is 0 Å². The zero-order chi connectivity index (χ0) is 19.2. The Balaban J connectivity index is 1.53. The maximum Gasteiger partial charge on any atom is 0.178 e. The molecule has 6 rings (SSSR count). The lowest BCUT2D eigenvalue weighted by molar-refractivity contribution is 1.10. The molecule has 2 N–H and O–H groups in total. The Labute approximate surface area is 168 Å². The Bertz CT molecular complexity index is 1450. The number of imidazole rings is 1. The van der Waals surface area contributed by atoms with Gasteiger partial charge in [0.2, 0.25) is 0 Å². The van der Waals surface area contributed by atoms with Crippen molar-refractivity contribution in [2.45, 2.75) is 0 Å². The maximum absolute atomic E-state index is 4.70. The van der Waals surface area contributed by atoms with Crippen LogP contribution < -0.4 is 0 Å². The van der Waals surface area contributed by atoms with Gasteiger partial charge in [-0.3, -0.25) is 15.1 Å². The number of hydrogen-bond donors (Lipinski definition) is 2. The van der Waals surface area contributed by atoms with E-state index in [1.165, 1.54) is 0 Å². The van der Waals surface area contributed by atoms with Gasteiger partial charge in [-0.2, -0.15) is 16.4 Å². The summed E-state index contributed by atoms with van der Waals surface area (Å²) in [7, 11) is 0. The van der Waals surface area contributed by atoms with Crippen LogP contribution in [0, 0.1) is 0 Å². The van der Waals surface area contributed by atoms with E-state index in [0.717, 1.165) is 44.5 Å². The standard InChI is InChI=1S/C21H13N7S/c1-5-22-6-2-12(1)16-9-15-17(10-24-16)27-28-19(15)21-25-18-14(13-4-8-29-11-13)3-7-23-20(18)26-21/h1-11H,(H,27,28)(H,23,25,26). The molecule has 0 amide bonds. The zero-order valence-electron chi connectivity index (χ0n) is 15.0. The Morgan fingerprint density at radius 3 is 2.72 bits per heavy atom. The van der Waals surface area contributed by atoms with Crippen LogP contribution in [0.4, 0.5) is 0 Å². The molecule has 0 unspecified atom stereocenters. The van der Waals surface area contributed by atoms with Crippen LogP contribution in [0.25, 0.3) is 56.0 Å². The van der Waals surface area contributed by atoms with Gasteiger partial charge in [0.15, 0.2) is 11.5 Å². The van der Waals surface area contributed by atoms with Gasteiger partial charge in [-0.15, -0.1) is 0 Å². The summed E-state index contributed by atoms with van der Waals surface area (Å²) in [6, 6.07) is 9.99. The lowest BCUT2D eigenvalue weighted by Gasteiger charge is -2.00. The summed E-state index contributed by atoms with van der Waals surface area (Å²) in [5.41, 5.74) is 7.25. The molecular weight excluding hydrogens is 382 g/mol. The summed E-state index contributed by atoms with van der Waals surface area (Å²) in [6.45, 7) is 0. The molecule has 0 fully saturated rings. The molecule has 6 heterocycles. The third-order valence-electron chi connectivity index (χ3n) is 4.87. The number of fused-ring (bicyclic) bond motifs is 2. The molecule has 8 heteroatoms. The quantitative estimate of drug-likeness (QED) is 0.453. The van der Waals surface area contributed by atoms with Crippen molar-refractivity contribution in [1.82, 2.24) is 35.1 Å². The molecule has 0 atom stereocenters. The SMILES string of the molecule is c1cc(-c2cc3c(-c4nc5nccc(-c6ccsc6)c5[nH]4)n[nH]c3cn2)ccn1. The molecule has 6 aromatic heterocycles. The molecule has 0 radical (unpaired) electrons. The molecule has 0 bridgehead atoms. The van der Waals surface area contributed by atoms with Gasteiger partial charge >= 0.3 is 0 Å². The first kappa shape index (κ1) is 16.1. The first-order valence-electron chi connectivity index (χ1n) is 8.99. The Hall–Kier alpha value is -3.91. The smallest absolute Gasteiger partial charge is 0.178 e. The van der Waals surface area contributed by atoms with Crippen molar-refractivity contribution >= 4 is 33.4 Å². The van der Waals surface area contributed by atoms with Crippen LogP contribution >= 0.6 is 11.3 Å². The Kier molecular flexibility index (Phi) is 3.50. The van der Waals surface area contributed by atoms with Crippen LogP contribution in [0.2, 0.25) is 0 Å². The van der Waals surface area contributed by atoms with E-state index in [1.807, 2.05) is 24.3 Å². The number of aromatic amines is 2. The second-order valence-electron chi connectivity index (χ2n) is 6.58. The summed E-state index contributed by atoms with van der Waals surface area (Å²) in [4.78, 5) is 21.2. The van der Waals surface area contributed by atoms with Crippen LogP contribution in [0.15, 0.2) is 65.9 Å². The second kappa shape index (κ2) is 6.32. The fourth-order valence-electron chi connectivity index (χ4n) is 3.46. The molecule has 0 aliphatic rings. The monoisotopic (exact) mass is 395 g/mol. The fraction of sp³-hybridized carbons (Fsp3) is 0. The fourth-order valence-corrected chi connectivity index (χ4v) is 4.12. The van der Waals surface area contributed by atoms with Gasteiger partial charge < -0.3 is 4.98 Å². The molecule has 0 spiro atoms. The first-order chi connectivity index (χ1) is 14.4. The lowest BCUT2D eigenvalue weighted by Crippen LogP contribution is -1.85. The van der Waals surface area contributed by atoms with E-state index in [2.05, 4.69) is 47.0 Å². The largest absolute Gasteiger partial charge is 0.335 e. The van der Waals surface area contributed by atoms with Crippen LogP contribution in [-0.4, -0.2) is 35.1 Å². The number of pyridine rings is 3. The minimum Gasteiger partial charge on any atom is -0.335 e. The van der Waals surface area contributed by atoms with E-state index < -0.39 is 0 Å². The normalized spacial score (nSPS) is 11.4. The molecule has 0 saturated carbocycles. The number of thiophene rings is 1. The average molecular weight is 395 g/mol. The summed E-state index contributed by atoms with van der Waals surface area (Å²) < 4.78 is 0. The molecule has 29 heavy (non-hydrogen) atoms. The molecule has 0 aliphatic heterocycles. The molecule has 0 saturated heterocycles. The minimum atomic E-state index is 0.670.